The summed E-state index contributed by atoms with van der Waals surface area (Å²) < 4.78 is 0. The predicted octanol–water partition coefficient (Wildman–Crippen LogP) is 3.40. The molecular formula is C21H20ClN5O. The van der Waals surface area contributed by atoms with Crippen molar-refractivity contribution in [2.75, 3.05) is 19.8 Å². The maximum Gasteiger partial charge on any atom is 0.251 e. The molecule has 0 aliphatic carbocycles. The zero-order chi connectivity index (χ0) is 19.3. The van der Waals surface area contributed by atoms with E-state index in [1.807, 2.05) is 42.7 Å². The minimum atomic E-state index is -0.123. The average molecular weight is 394 g/mol. The molecule has 1 aromatic heterocycles. The van der Waals surface area contributed by atoms with Crippen LogP contribution in [0.2, 0.25) is 5.15 Å². The Morgan fingerprint density at radius 2 is 2.00 bits per heavy atom. The number of carbonyl (C=O) groups excluding carboxylic acids is 1. The van der Waals surface area contributed by atoms with Crippen LogP contribution < -0.4 is 10.6 Å². The largest absolute Gasteiger partial charge is 0.373 e. The highest BCUT2D eigenvalue weighted by Gasteiger charge is 2.12. The van der Waals surface area contributed by atoms with E-state index in [1.54, 1.807) is 18.2 Å². The van der Waals surface area contributed by atoms with Gasteiger partial charge in [-0.2, -0.15) is 0 Å². The normalized spacial score (nSPS) is 13.0. The SMILES string of the molecule is O=C(NCCCN1C=CNC1)c1ccc2nc(-c3ccccc3)c(Cl)nc2c1. The second kappa shape index (κ2) is 8.27. The number of aromatic nitrogens is 2. The summed E-state index contributed by atoms with van der Waals surface area (Å²) in [7, 11) is 0. The van der Waals surface area contributed by atoms with Crippen molar-refractivity contribution < 1.29 is 4.79 Å². The molecule has 3 aromatic rings. The van der Waals surface area contributed by atoms with Crippen molar-refractivity contribution in [1.82, 2.24) is 25.5 Å². The molecule has 7 heteroatoms. The number of fused-ring (bicyclic) bond motifs is 1. The smallest absolute Gasteiger partial charge is 0.251 e. The van der Waals surface area contributed by atoms with Crippen LogP contribution in [-0.2, 0) is 0 Å². The molecule has 1 amide bonds. The van der Waals surface area contributed by atoms with Crippen LogP contribution in [-0.4, -0.2) is 40.5 Å². The third-order valence-electron chi connectivity index (χ3n) is 4.54. The Bertz CT molecular complexity index is 1020. The van der Waals surface area contributed by atoms with Gasteiger partial charge in [0, 0.05) is 36.6 Å². The van der Waals surface area contributed by atoms with E-state index in [4.69, 9.17) is 11.6 Å². The van der Waals surface area contributed by atoms with Gasteiger partial charge in [-0.1, -0.05) is 41.9 Å². The third-order valence-corrected chi connectivity index (χ3v) is 4.80. The van der Waals surface area contributed by atoms with Crippen molar-refractivity contribution in [3.8, 4) is 11.3 Å². The van der Waals surface area contributed by atoms with Gasteiger partial charge in [0.1, 0.15) is 5.69 Å². The molecule has 1 aliphatic heterocycles. The topological polar surface area (TPSA) is 70.2 Å². The Hall–Kier alpha value is -3.12. The quantitative estimate of drug-likeness (QED) is 0.628. The molecular weight excluding hydrogens is 374 g/mol. The minimum Gasteiger partial charge on any atom is -0.373 e. The summed E-state index contributed by atoms with van der Waals surface area (Å²) in [5.41, 5.74) is 3.40. The molecule has 0 fully saturated rings. The van der Waals surface area contributed by atoms with Crippen molar-refractivity contribution in [3.05, 3.63) is 71.6 Å². The number of hydrogen-bond acceptors (Lipinski definition) is 5. The molecule has 0 radical (unpaired) electrons. The Morgan fingerprint density at radius 1 is 1.14 bits per heavy atom. The molecule has 6 nitrogen and oxygen atoms in total. The van der Waals surface area contributed by atoms with E-state index in [1.165, 1.54) is 0 Å². The van der Waals surface area contributed by atoms with Crippen molar-refractivity contribution in [3.63, 3.8) is 0 Å². The number of hydrogen-bond donors (Lipinski definition) is 2. The van der Waals surface area contributed by atoms with Crippen molar-refractivity contribution >= 4 is 28.5 Å². The second-order valence-electron chi connectivity index (χ2n) is 6.53. The van der Waals surface area contributed by atoms with E-state index < -0.39 is 0 Å². The standard InChI is InChI=1S/C21H20ClN5O/c22-20-19(15-5-2-1-3-6-15)25-17-8-7-16(13-18(17)26-20)21(28)24-9-4-11-27-12-10-23-14-27/h1-3,5-8,10,12-13,23H,4,9,11,14H2,(H,24,28). The van der Waals surface area contributed by atoms with E-state index in [0.717, 1.165) is 25.2 Å². The summed E-state index contributed by atoms with van der Waals surface area (Å²) in [6.45, 7) is 2.33. The van der Waals surface area contributed by atoms with Gasteiger partial charge in [0.25, 0.3) is 5.91 Å². The molecule has 2 heterocycles. The number of nitrogens with zero attached hydrogens (tertiary/aromatic N) is 3. The highest BCUT2D eigenvalue weighted by Crippen LogP contribution is 2.26. The molecule has 0 bridgehead atoms. The van der Waals surface area contributed by atoms with Crippen LogP contribution in [0.25, 0.3) is 22.3 Å². The first-order valence-corrected chi connectivity index (χ1v) is 9.53. The van der Waals surface area contributed by atoms with Crippen LogP contribution in [0.15, 0.2) is 60.9 Å². The fourth-order valence-corrected chi connectivity index (χ4v) is 3.32. The summed E-state index contributed by atoms with van der Waals surface area (Å²) in [5, 5.41) is 6.39. The van der Waals surface area contributed by atoms with Gasteiger partial charge >= 0.3 is 0 Å². The Kier molecular flexibility index (Phi) is 5.39. The van der Waals surface area contributed by atoms with Crippen molar-refractivity contribution in [2.45, 2.75) is 6.42 Å². The number of rotatable bonds is 6. The first kappa shape index (κ1) is 18.3. The molecule has 2 N–H and O–H groups in total. The Labute approximate surface area is 168 Å². The number of amides is 1. The molecule has 28 heavy (non-hydrogen) atoms. The van der Waals surface area contributed by atoms with Crippen LogP contribution in [0.4, 0.5) is 0 Å². The van der Waals surface area contributed by atoms with E-state index in [2.05, 4.69) is 25.5 Å². The Balaban J connectivity index is 1.45. The van der Waals surface area contributed by atoms with Crippen molar-refractivity contribution in [1.29, 1.82) is 0 Å². The number of halogens is 1. The zero-order valence-corrected chi connectivity index (χ0v) is 16.0. The van der Waals surface area contributed by atoms with Crippen LogP contribution in [0.1, 0.15) is 16.8 Å². The summed E-state index contributed by atoms with van der Waals surface area (Å²) >= 11 is 6.34. The lowest BCUT2D eigenvalue weighted by Gasteiger charge is -2.14. The zero-order valence-electron chi connectivity index (χ0n) is 15.2. The lowest BCUT2D eigenvalue weighted by atomic mass is 10.1. The van der Waals surface area contributed by atoms with Crippen LogP contribution in [0, 0.1) is 0 Å². The van der Waals surface area contributed by atoms with Crippen molar-refractivity contribution in [2.24, 2.45) is 0 Å². The highest BCUT2D eigenvalue weighted by atomic mass is 35.5. The lowest BCUT2D eigenvalue weighted by Crippen LogP contribution is -2.28. The van der Waals surface area contributed by atoms with Gasteiger partial charge in [-0.05, 0) is 24.6 Å². The van der Waals surface area contributed by atoms with Gasteiger partial charge in [-0.3, -0.25) is 4.79 Å². The van der Waals surface area contributed by atoms with Gasteiger partial charge in [0.2, 0.25) is 0 Å². The summed E-state index contributed by atoms with van der Waals surface area (Å²) in [6.07, 6.45) is 4.80. The molecule has 4 rings (SSSR count). The fraction of sp³-hybridized carbons (Fsp3) is 0.190. The second-order valence-corrected chi connectivity index (χ2v) is 6.89. The van der Waals surface area contributed by atoms with Gasteiger partial charge < -0.3 is 15.5 Å². The predicted molar refractivity (Wildman–Crippen MR) is 111 cm³/mol. The maximum atomic E-state index is 12.4. The monoisotopic (exact) mass is 393 g/mol. The Morgan fingerprint density at radius 3 is 2.79 bits per heavy atom. The molecule has 1 aliphatic rings. The number of nitrogens with one attached hydrogen (secondary N) is 2. The van der Waals surface area contributed by atoms with E-state index in [9.17, 15) is 4.79 Å². The lowest BCUT2D eigenvalue weighted by molar-refractivity contribution is 0.0952. The first-order valence-electron chi connectivity index (χ1n) is 9.16. The van der Waals surface area contributed by atoms with Gasteiger partial charge in [-0.15, -0.1) is 0 Å². The fourth-order valence-electron chi connectivity index (χ4n) is 3.07. The minimum absolute atomic E-state index is 0.123. The van der Waals surface area contributed by atoms with E-state index >= 15 is 0 Å². The molecule has 142 valence electrons. The summed E-state index contributed by atoms with van der Waals surface area (Å²) in [6, 6.07) is 15.0. The average Bonchev–Trinajstić information content (AvgIpc) is 3.24. The molecule has 0 atom stereocenters. The molecule has 0 spiro atoms. The number of carbonyl (C=O) groups is 1. The van der Waals surface area contributed by atoms with Crippen LogP contribution >= 0.6 is 11.6 Å². The van der Waals surface area contributed by atoms with Gasteiger partial charge in [-0.25, -0.2) is 9.97 Å². The van der Waals surface area contributed by atoms with Crippen LogP contribution in [0.3, 0.4) is 0 Å². The molecule has 2 aromatic carbocycles. The molecule has 0 unspecified atom stereocenters. The molecule has 0 saturated heterocycles. The third kappa shape index (κ3) is 4.07. The van der Waals surface area contributed by atoms with Crippen LogP contribution in [0.5, 0.6) is 0 Å². The van der Waals surface area contributed by atoms with Gasteiger partial charge in [0.15, 0.2) is 5.15 Å². The summed E-state index contributed by atoms with van der Waals surface area (Å²) in [5.74, 6) is -0.123. The maximum absolute atomic E-state index is 12.4. The van der Waals surface area contributed by atoms with E-state index in [0.29, 0.717) is 34.0 Å². The van der Waals surface area contributed by atoms with Gasteiger partial charge in [0.05, 0.1) is 17.7 Å². The summed E-state index contributed by atoms with van der Waals surface area (Å²) in [4.78, 5) is 23.6. The number of benzene rings is 2. The van der Waals surface area contributed by atoms with E-state index in [-0.39, 0.29) is 5.91 Å². The highest BCUT2D eigenvalue weighted by molar-refractivity contribution is 6.32. The first-order chi connectivity index (χ1) is 13.7. The molecule has 0 saturated carbocycles.